The molecule has 0 saturated carbocycles. The molecule has 0 aromatic rings. The zero-order chi connectivity index (χ0) is 12.3. The van der Waals surface area contributed by atoms with Crippen molar-refractivity contribution in [3.05, 3.63) is 0 Å². The van der Waals surface area contributed by atoms with E-state index in [2.05, 4.69) is 10.4 Å². The van der Waals surface area contributed by atoms with Gasteiger partial charge in [-0.05, 0) is 25.7 Å². The van der Waals surface area contributed by atoms with Crippen molar-refractivity contribution < 1.29 is 14.8 Å². The predicted octanol–water partition coefficient (Wildman–Crippen LogP) is -1.41. The molecule has 1 amide bonds. The lowest BCUT2D eigenvalue weighted by atomic mass is 9.78. The summed E-state index contributed by atoms with van der Waals surface area (Å²) in [6.45, 7) is 2.85. The van der Waals surface area contributed by atoms with Crippen LogP contribution in [0.5, 0.6) is 0 Å². The molecule has 7 heteroatoms. The fourth-order valence-electron chi connectivity index (χ4n) is 2.57. The van der Waals surface area contributed by atoms with Gasteiger partial charge in [-0.1, -0.05) is 0 Å². The minimum atomic E-state index is -1.42. The minimum Gasteiger partial charge on any atom is -0.426 e. The van der Waals surface area contributed by atoms with Crippen LogP contribution in [0.15, 0.2) is 0 Å². The van der Waals surface area contributed by atoms with Crippen LogP contribution in [0, 0.1) is 0 Å². The average Bonchev–Trinajstić information content (AvgIpc) is 2.96. The number of nitrogens with one attached hydrogen (secondary N) is 1. The Morgan fingerprint density at radius 1 is 1.24 bits per heavy atom. The van der Waals surface area contributed by atoms with E-state index in [1.807, 2.05) is 0 Å². The molecule has 2 rings (SSSR count). The molecule has 0 radical (unpaired) electrons. The molecule has 3 N–H and O–H groups in total. The Kier molecular flexibility index (Phi) is 4.39. The van der Waals surface area contributed by atoms with Gasteiger partial charge in [0.15, 0.2) is 0 Å². The smallest absolute Gasteiger partial charge is 0.426 e. The number of hydrogen-bond donors (Lipinski definition) is 3. The van der Waals surface area contributed by atoms with Gasteiger partial charge in [-0.3, -0.25) is 4.79 Å². The summed E-state index contributed by atoms with van der Waals surface area (Å²) in [6, 6.07) is 0. The van der Waals surface area contributed by atoms with Crippen LogP contribution in [0.3, 0.4) is 0 Å². The highest BCUT2D eigenvalue weighted by Crippen LogP contribution is 2.17. The number of hydrazine groups is 1. The summed E-state index contributed by atoms with van der Waals surface area (Å²) in [5.74, 6) is -0.477. The van der Waals surface area contributed by atoms with Gasteiger partial charge in [0, 0.05) is 19.6 Å². The molecule has 0 aromatic heterocycles. The standard InChI is InChI=1S/C10H20BN3O3/c15-10(8-12-13-5-1-2-6-13)14-7-3-4-9(14)11(16)17/h9,12,16-17H,1-8H2/t9-/m0/s1. The first-order chi connectivity index (χ1) is 8.18. The van der Waals surface area contributed by atoms with E-state index in [1.54, 1.807) is 4.90 Å². The van der Waals surface area contributed by atoms with Crippen LogP contribution in [-0.2, 0) is 4.79 Å². The lowest BCUT2D eigenvalue weighted by Crippen LogP contribution is -2.50. The van der Waals surface area contributed by atoms with Crippen LogP contribution < -0.4 is 5.43 Å². The topological polar surface area (TPSA) is 76.0 Å². The van der Waals surface area contributed by atoms with Gasteiger partial charge in [-0.25, -0.2) is 10.4 Å². The van der Waals surface area contributed by atoms with E-state index < -0.39 is 13.1 Å². The summed E-state index contributed by atoms with van der Waals surface area (Å²) in [6.07, 6.45) is 3.86. The third kappa shape index (κ3) is 3.19. The summed E-state index contributed by atoms with van der Waals surface area (Å²) >= 11 is 0. The Balaban J connectivity index is 1.78. The number of carbonyl (C=O) groups excluding carboxylic acids is 1. The molecular weight excluding hydrogens is 221 g/mol. The fourth-order valence-corrected chi connectivity index (χ4v) is 2.57. The Hall–Kier alpha value is -0.625. The molecule has 2 saturated heterocycles. The quantitative estimate of drug-likeness (QED) is 0.527. The first-order valence-electron chi connectivity index (χ1n) is 6.32. The normalized spacial score (nSPS) is 25.5. The van der Waals surface area contributed by atoms with Crippen molar-refractivity contribution in [3.63, 3.8) is 0 Å². The van der Waals surface area contributed by atoms with Gasteiger partial charge in [0.25, 0.3) is 0 Å². The van der Waals surface area contributed by atoms with Crippen LogP contribution in [0.2, 0.25) is 0 Å². The Labute approximate surface area is 102 Å². The second kappa shape index (κ2) is 5.81. The molecule has 0 aliphatic carbocycles. The fraction of sp³-hybridized carbons (Fsp3) is 0.900. The van der Waals surface area contributed by atoms with Crippen LogP contribution in [0.1, 0.15) is 25.7 Å². The van der Waals surface area contributed by atoms with E-state index in [0.717, 1.165) is 19.5 Å². The maximum atomic E-state index is 11.9. The maximum absolute atomic E-state index is 11.9. The molecular formula is C10H20BN3O3. The predicted molar refractivity (Wildman–Crippen MR) is 63.7 cm³/mol. The molecule has 2 aliphatic heterocycles. The number of hydrogen-bond acceptors (Lipinski definition) is 5. The van der Waals surface area contributed by atoms with Gasteiger partial charge in [0.05, 0.1) is 12.5 Å². The van der Waals surface area contributed by atoms with Gasteiger partial charge in [-0.2, -0.15) is 0 Å². The second-order valence-electron chi connectivity index (χ2n) is 4.74. The summed E-state index contributed by atoms with van der Waals surface area (Å²) in [5.41, 5.74) is 3.10. The molecule has 0 aromatic carbocycles. The third-order valence-corrected chi connectivity index (χ3v) is 3.52. The van der Waals surface area contributed by atoms with Crippen molar-refractivity contribution in [1.29, 1.82) is 0 Å². The van der Waals surface area contributed by atoms with E-state index >= 15 is 0 Å². The highest BCUT2D eigenvalue weighted by molar-refractivity contribution is 6.43. The number of rotatable bonds is 4. The van der Waals surface area contributed by atoms with Crippen molar-refractivity contribution >= 4 is 13.0 Å². The molecule has 0 spiro atoms. The largest absolute Gasteiger partial charge is 0.475 e. The lowest BCUT2D eigenvalue weighted by Gasteiger charge is -2.25. The van der Waals surface area contributed by atoms with Gasteiger partial charge in [-0.15, -0.1) is 0 Å². The summed E-state index contributed by atoms with van der Waals surface area (Å²) < 4.78 is 0. The van der Waals surface area contributed by atoms with E-state index in [0.29, 0.717) is 13.0 Å². The zero-order valence-electron chi connectivity index (χ0n) is 10.0. The average molecular weight is 241 g/mol. The van der Waals surface area contributed by atoms with E-state index in [-0.39, 0.29) is 12.5 Å². The SMILES string of the molecule is O=C(CNN1CCCC1)N1CCC[C@H]1B(O)O. The van der Waals surface area contributed by atoms with Gasteiger partial charge < -0.3 is 14.9 Å². The van der Waals surface area contributed by atoms with Crippen LogP contribution >= 0.6 is 0 Å². The van der Waals surface area contributed by atoms with Crippen molar-refractivity contribution in [2.24, 2.45) is 0 Å². The Morgan fingerprint density at radius 2 is 1.94 bits per heavy atom. The molecule has 2 aliphatic rings. The van der Waals surface area contributed by atoms with Crippen LogP contribution in [0.4, 0.5) is 0 Å². The van der Waals surface area contributed by atoms with Crippen LogP contribution in [-0.4, -0.2) is 65.1 Å². The second-order valence-corrected chi connectivity index (χ2v) is 4.74. The van der Waals surface area contributed by atoms with Crippen molar-refractivity contribution in [2.75, 3.05) is 26.2 Å². The molecule has 2 fully saturated rings. The van der Waals surface area contributed by atoms with Crippen molar-refractivity contribution in [1.82, 2.24) is 15.3 Å². The summed E-state index contributed by atoms with van der Waals surface area (Å²) in [5, 5.41) is 20.4. The van der Waals surface area contributed by atoms with Gasteiger partial charge >= 0.3 is 7.12 Å². The summed E-state index contributed by atoms with van der Waals surface area (Å²) in [4.78, 5) is 13.5. The molecule has 2 heterocycles. The molecule has 0 bridgehead atoms. The molecule has 96 valence electrons. The van der Waals surface area contributed by atoms with Gasteiger partial charge in [0.1, 0.15) is 0 Å². The van der Waals surface area contributed by atoms with Crippen LogP contribution in [0.25, 0.3) is 0 Å². The number of carbonyl (C=O) groups is 1. The number of likely N-dealkylation sites (tertiary alicyclic amines) is 1. The molecule has 6 nitrogen and oxygen atoms in total. The summed E-state index contributed by atoms with van der Waals surface area (Å²) in [7, 11) is -1.42. The Morgan fingerprint density at radius 3 is 2.59 bits per heavy atom. The van der Waals surface area contributed by atoms with Crippen molar-refractivity contribution in [3.8, 4) is 0 Å². The lowest BCUT2D eigenvalue weighted by molar-refractivity contribution is -0.131. The minimum absolute atomic E-state index is 0.0486. The van der Waals surface area contributed by atoms with Crippen molar-refractivity contribution in [2.45, 2.75) is 31.6 Å². The molecule has 17 heavy (non-hydrogen) atoms. The van der Waals surface area contributed by atoms with E-state index in [1.165, 1.54) is 12.8 Å². The maximum Gasteiger partial charge on any atom is 0.475 e. The first-order valence-corrected chi connectivity index (χ1v) is 6.32. The van der Waals surface area contributed by atoms with E-state index in [9.17, 15) is 14.8 Å². The number of amides is 1. The van der Waals surface area contributed by atoms with E-state index in [4.69, 9.17) is 0 Å². The molecule has 1 atom stereocenters. The zero-order valence-corrected chi connectivity index (χ0v) is 10.0. The molecule has 0 unspecified atom stereocenters. The Bertz CT molecular complexity index is 272. The number of nitrogens with zero attached hydrogens (tertiary/aromatic N) is 2. The van der Waals surface area contributed by atoms with Gasteiger partial charge in [0.2, 0.25) is 5.91 Å². The highest BCUT2D eigenvalue weighted by Gasteiger charge is 2.36. The highest BCUT2D eigenvalue weighted by atomic mass is 16.4. The third-order valence-electron chi connectivity index (χ3n) is 3.52. The first kappa shape index (κ1) is 12.8. The monoisotopic (exact) mass is 241 g/mol.